The van der Waals surface area contributed by atoms with Crippen LogP contribution in [0.5, 0.6) is 0 Å². The van der Waals surface area contributed by atoms with Crippen LogP contribution in [-0.4, -0.2) is 19.3 Å². The molecule has 1 amide bonds. The molecule has 2 N–H and O–H groups in total. The molecule has 1 aromatic heterocycles. The maximum absolute atomic E-state index is 12.9. The van der Waals surface area contributed by atoms with Crippen molar-refractivity contribution >= 4 is 50.0 Å². The number of oxazole rings is 1. The molecule has 1 heterocycles. The maximum atomic E-state index is 12.9. The standard InChI is InChI=1S/C23H20ClN3O4S/c1-13-4-5-17(10-14(13)2)27-32(29,30)18-7-8-20(24)19(12-18)23(28)26-16-6-9-22-21(11-16)25-15(3)31-22/h4-12,27H,1-3H3,(H,26,28). The van der Waals surface area contributed by atoms with Gasteiger partial charge in [0.05, 0.1) is 15.5 Å². The first-order chi connectivity index (χ1) is 15.1. The van der Waals surface area contributed by atoms with Crippen molar-refractivity contribution in [2.24, 2.45) is 0 Å². The second kappa shape index (κ2) is 8.29. The number of amides is 1. The van der Waals surface area contributed by atoms with Crippen molar-refractivity contribution < 1.29 is 17.6 Å². The van der Waals surface area contributed by atoms with Crippen molar-refractivity contribution in [1.82, 2.24) is 4.98 Å². The molecule has 0 aliphatic carbocycles. The fourth-order valence-electron chi connectivity index (χ4n) is 3.18. The van der Waals surface area contributed by atoms with E-state index in [0.29, 0.717) is 28.4 Å². The summed E-state index contributed by atoms with van der Waals surface area (Å²) in [7, 11) is -3.93. The number of benzene rings is 3. The fraction of sp³-hybridized carbons (Fsp3) is 0.130. The van der Waals surface area contributed by atoms with E-state index in [4.69, 9.17) is 16.0 Å². The third-order valence-electron chi connectivity index (χ3n) is 5.00. The van der Waals surface area contributed by atoms with Gasteiger partial charge in [0.1, 0.15) is 5.52 Å². The molecule has 4 aromatic rings. The first-order valence-corrected chi connectivity index (χ1v) is 11.6. The minimum Gasteiger partial charge on any atom is -0.441 e. The number of anilines is 2. The van der Waals surface area contributed by atoms with Gasteiger partial charge in [0.15, 0.2) is 11.5 Å². The van der Waals surface area contributed by atoms with E-state index >= 15 is 0 Å². The van der Waals surface area contributed by atoms with E-state index in [1.165, 1.54) is 18.2 Å². The number of nitrogens with one attached hydrogen (secondary N) is 2. The van der Waals surface area contributed by atoms with Crippen LogP contribution in [-0.2, 0) is 10.0 Å². The van der Waals surface area contributed by atoms with Gasteiger partial charge in [-0.15, -0.1) is 0 Å². The second-order valence-electron chi connectivity index (χ2n) is 7.42. The SMILES string of the molecule is Cc1nc2cc(NC(=O)c3cc(S(=O)(=O)Nc4ccc(C)c(C)c4)ccc3Cl)ccc2o1. The summed E-state index contributed by atoms with van der Waals surface area (Å²) in [4.78, 5) is 17.0. The van der Waals surface area contributed by atoms with Gasteiger partial charge >= 0.3 is 0 Å². The van der Waals surface area contributed by atoms with Crippen LogP contribution in [0.4, 0.5) is 11.4 Å². The zero-order chi connectivity index (χ0) is 23.0. The molecule has 3 aromatic carbocycles. The first-order valence-electron chi connectivity index (χ1n) is 9.70. The van der Waals surface area contributed by atoms with Crippen LogP contribution in [0.1, 0.15) is 27.4 Å². The van der Waals surface area contributed by atoms with E-state index < -0.39 is 15.9 Å². The van der Waals surface area contributed by atoms with Crippen LogP contribution in [0.15, 0.2) is 63.9 Å². The molecule has 0 saturated carbocycles. The summed E-state index contributed by atoms with van der Waals surface area (Å²) in [6.07, 6.45) is 0. The summed E-state index contributed by atoms with van der Waals surface area (Å²) in [5.41, 5.74) is 4.16. The first kappa shape index (κ1) is 21.9. The Bertz CT molecular complexity index is 1460. The van der Waals surface area contributed by atoms with Gasteiger partial charge in [-0.3, -0.25) is 9.52 Å². The van der Waals surface area contributed by atoms with Gasteiger partial charge in [-0.1, -0.05) is 17.7 Å². The molecule has 0 aliphatic heterocycles. The lowest BCUT2D eigenvalue weighted by molar-refractivity contribution is 0.102. The number of hydrogen-bond acceptors (Lipinski definition) is 5. The Balaban J connectivity index is 1.60. The number of nitrogens with zero attached hydrogens (tertiary/aromatic N) is 1. The van der Waals surface area contributed by atoms with Crippen LogP contribution < -0.4 is 10.0 Å². The van der Waals surface area contributed by atoms with Crippen LogP contribution in [0.3, 0.4) is 0 Å². The molecular formula is C23H20ClN3O4S. The van der Waals surface area contributed by atoms with Gasteiger partial charge < -0.3 is 9.73 Å². The number of fused-ring (bicyclic) bond motifs is 1. The van der Waals surface area contributed by atoms with Crippen molar-refractivity contribution in [3.8, 4) is 0 Å². The van der Waals surface area contributed by atoms with Crippen molar-refractivity contribution in [3.05, 3.63) is 82.2 Å². The highest BCUT2D eigenvalue weighted by Crippen LogP contribution is 2.25. The molecule has 0 radical (unpaired) electrons. The minimum atomic E-state index is -3.93. The number of aryl methyl sites for hydroxylation is 3. The van der Waals surface area contributed by atoms with Crippen LogP contribution in [0.2, 0.25) is 5.02 Å². The third-order valence-corrected chi connectivity index (χ3v) is 6.71. The molecule has 0 aliphatic rings. The fourth-order valence-corrected chi connectivity index (χ4v) is 4.46. The lowest BCUT2D eigenvalue weighted by atomic mass is 10.1. The Morgan fingerprint density at radius 1 is 0.938 bits per heavy atom. The molecule has 4 rings (SSSR count). The zero-order valence-electron chi connectivity index (χ0n) is 17.6. The summed E-state index contributed by atoms with van der Waals surface area (Å²) >= 11 is 6.20. The van der Waals surface area contributed by atoms with Crippen molar-refractivity contribution in [3.63, 3.8) is 0 Å². The number of aromatic nitrogens is 1. The van der Waals surface area contributed by atoms with Gasteiger partial charge in [-0.2, -0.15) is 0 Å². The number of hydrogen-bond donors (Lipinski definition) is 2. The zero-order valence-corrected chi connectivity index (χ0v) is 19.1. The number of halogens is 1. The molecule has 0 saturated heterocycles. The molecular weight excluding hydrogens is 450 g/mol. The Morgan fingerprint density at radius 2 is 1.69 bits per heavy atom. The Kier molecular flexibility index (Phi) is 5.66. The van der Waals surface area contributed by atoms with E-state index in [2.05, 4.69) is 15.0 Å². The Labute approximate surface area is 190 Å². The highest BCUT2D eigenvalue weighted by molar-refractivity contribution is 7.92. The quantitative estimate of drug-likeness (QED) is 0.404. The van der Waals surface area contributed by atoms with Crippen molar-refractivity contribution in [2.45, 2.75) is 25.7 Å². The predicted molar refractivity (Wildman–Crippen MR) is 125 cm³/mol. The summed E-state index contributed by atoms with van der Waals surface area (Å²) in [6, 6.07) is 14.3. The molecule has 9 heteroatoms. The second-order valence-corrected chi connectivity index (χ2v) is 9.51. The predicted octanol–water partition coefficient (Wildman–Crippen LogP) is 5.46. The van der Waals surface area contributed by atoms with E-state index in [1.807, 2.05) is 19.9 Å². The smallest absolute Gasteiger partial charge is 0.261 e. The molecule has 0 bridgehead atoms. The van der Waals surface area contributed by atoms with Crippen molar-refractivity contribution in [1.29, 1.82) is 0 Å². The molecule has 32 heavy (non-hydrogen) atoms. The van der Waals surface area contributed by atoms with Crippen molar-refractivity contribution in [2.75, 3.05) is 10.0 Å². The number of sulfonamides is 1. The molecule has 0 unspecified atom stereocenters. The molecule has 7 nitrogen and oxygen atoms in total. The minimum absolute atomic E-state index is 0.0334. The van der Waals surface area contributed by atoms with Crippen LogP contribution in [0, 0.1) is 20.8 Å². The number of rotatable bonds is 5. The molecule has 164 valence electrons. The van der Waals surface area contributed by atoms with E-state index in [0.717, 1.165) is 11.1 Å². The molecule has 0 spiro atoms. The highest BCUT2D eigenvalue weighted by atomic mass is 35.5. The maximum Gasteiger partial charge on any atom is 0.261 e. The van der Waals surface area contributed by atoms with Crippen LogP contribution in [0.25, 0.3) is 11.1 Å². The summed E-state index contributed by atoms with van der Waals surface area (Å²) < 4.78 is 33.7. The van der Waals surface area contributed by atoms with Gasteiger partial charge in [0.25, 0.3) is 15.9 Å². The summed E-state index contributed by atoms with van der Waals surface area (Å²) in [5.74, 6) is -0.0292. The lowest BCUT2D eigenvalue weighted by Crippen LogP contribution is -2.16. The largest absolute Gasteiger partial charge is 0.441 e. The van der Waals surface area contributed by atoms with E-state index in [1.54, 1.807) is 37.3 Å². The van der Waals surface area contributed by atoms with Gasteiger partial charge in [-0.25, -0.2) is 13.4 Å². The van der Waals surface area contributed by atoms with Crippen LogP contribution >= 0.6 is 11.6 Å². The molecule has 0 fully saturated rings. The van der Waals surface area contributed by atoms with E-state index in [9.17, 15) is 13.2 Å². The number of carbonyl (C=O) groups excluding carboxylic acids is 1. The van der Waals surface area contributed by atoms with Gasteiger partial charge in [0.2, 0.25) is 0 Å². The summed E-state index contributed by atoms with van der Waals surface area (Å²) in [6.45, 7) is 5.57. The lowest BCUT2D eigenvalue weighted by Gasteiger charge is -2.12. The average Bonchev–Trinajstić information content (AvgIpc) is 3.10. The Morgan fingerprint density at radius 3 is 2.44 bits per heavy atom. The number of carbonyl (C=O) groups is 1. The van der Waals surface area contributed by atoms with E-state index in [-0.39, 0.29) is 15.5 Å². The third kappa shape index (κ3) is 4.46. The normalized spacial score (nSPS) is 11.5. The summed E-state index contributed by atoms with van der Waals surface area (Å²) in [5, 5.41) is 2.85. The highest BCUT2D eigenvalue weighted by Gasteiger charge is 2.20. The Hall–Kier alpha value is -3.36. The average molecular weight is 470 g/mol. The van der Waals surface area contributed by atoms with Gasteiger partial charge in [-0.05, 0) is 73.5 Å². The van der Waals surface area contributed by atoms with Gasteiger partial charge in [0, 0.05) is 18.3 Å². The topological polar surface area (TPSA) is 101 Å². The molecule has 0 atom stereocenters. The monoisotopic (exact) mass is 469 g/mol.